The minimum absolute atomic E-state index is 0.0209. The third-order valence-corrected chi connectivity index (χ3v) is 3.67. The molecule has 2 aromatic carbocycles. The van der Waals surface area contributed by atoms with Gasteiger partial charge in [0.15, 0.2) is 17.3 Å². The number of halogens is 2. The highest BCUT2D eigenvalue weighted by Crippen LogP contribution is 2.29. The standard InChI is InChI=1S/C17H17F2N3O5/c1-10-12(4-3-5-13(10)22(23)24)9-26-21-16(20)11-6-7-14(27-17(18)19)15(8-11)25-2/h3-8,17H,9H2,1-2H3,(H2,20,21). The van der Waals surface area contributed by atoms with Gasteiger partial charge in [-0.05, 0) is 25.1 Å². The smallest absolute Gasteiger partial charge is 0.387 e. The normalized spacial score (nSPS) is 11.4. The van der Waals surface area contributed by atoms with E-state index in [4.69, 9.17) is 15.3 Å². The molecular formula is C17H17F2N3O5. The van der Waals surface area contributed by atoms with Crippen LogP contribution < -0.4 is 15.2 Å². The summed E-state index contributed by atoms with van der Waals surface area (Å²) >= 11 is 0. The number of alkyl halides is 2. The Hall–Kier alpha value is -3.43. The van der Waals surface area contributed by atoms with Gasteiger partial charge in [-0.3, -0.25) is 10.1 Å². The van der Waals surface area contributed by atoms with E-state index in [-0.39, 0.29) is 29.6 Å². The quantitative estimate of drug-likeness (QED) is 0.325. The van der Waals surface area contributed by atoms with Crippen molar-refractivity contribution in [3.8, 4) is 11.5 Å². The number of amidine groups is 1. The predicted molar refractivity (Wildman–Crippen MR) is 93.0 cm³/mol. The van der Waals surface area contributed by atoms with Gasteiger partial charge in [-0.2, -0.15) is 8.78 Å². The van der Waals surface area contributed by atoms with Gasteiger partial charge in [-0.15, -0.1) is 0 Å². The minimum atomic E-state index is -2.99. The first-order chi connectivity index (χ1) is 12.8. The number of methoxy groups -OCH3 is 1. The maximum Gasteiger partial charge on any atom is 0.387 e. The van der Waals surface area contributed by atoms with E-state index >= 15 is 0 Å². The average molecular weight is 381 g/mol. The largest absolute Gasteiger partial charge is 0.493 e. The van der Waals surface area contributed by atoms with E-state index in [9.17, 15) is 18.9 Å². The van der Waals surface area contributed by atoms with E-state index in [1.807, 2.05) is 0 Å². The zero-order chi connectivity index (χ0) is 20.0. The first-order valence-electron chi connectivity index (χ1n) is 7.65. The SMILES string of the molecule is COc1cc(/C(N)=N/OCc2cccc([N+](=O)[O-])c2C)ccc1OC(F)F. The van der Waals surface area contributed by atoms with Crippen molar-refractivity contribution in [2.45, 2.75) is 20.1 Å². The molecule has 0 spiro atoms. The fraction of sp³-hybridized carbons (Fsp3) is 0.235. The first-order valence-corrected chi connectivity index (χ1v) is 7.65. The van der Waals surface area contributed by atoms with Crippen molar-refractivity contribution in [3.05, 3.63) is 63.2 Å². The molecule has 0 saturated carbocycles. The highest BCUT2D eigenvalue weighted by molar-refractivity contribution is 5.97. The molecule has 10 heteroatoms. The molecule has 8 nitrogen and oxygen atoms in total. The van der Waals surface area contributed by atoms with Crippen molar-refractivity contribution in [2.24, 2.45) is 10.9 Å². The summed E-state index contributed by atoms with van der Waals surface area (Å²) in [5, 5.41) is 14.7. The summed E-state index contributed by atoms with van der Waals surface area (Å²) in [7, 11) is 1.30. The highest BCUT2D eigenvalue weighted by atomic mass is 19.3. The van der Waals surface area contributed by atoms with Gasteiger partial charge in [0.25, 0.3) is 5.69 Å². The molecule has 0 bridgehead atoms. The van der Waals surface area contributed by atoms with Crippen LogP contribution in [0, 0.1) is 17.0 Å². The second kappa shape index (κ2) is 8.79. The fourth-order valence-electron chi connectivity index (χ4n) is 2.27. The van der Waals surface area contributed by atoms with Crippen LogP contribution >= 0.6 is 0 Å². The molecule has 0 radical (unpaired) electrons. The van der Waals surface area contributed by atoms with Crippen LogP contribution in [0.4, 0.5) is 14.5 Å². The molecule has 0 atom stereocenters. The molecule has 0 fully saturated rings. The van der Waals surface area contributed by atoms with Gasteiger partial charge in [-0.25, -0.2) is 0 Å². The summed E-state index contributed by atoms with van der Waals surface area (Å²) in [6, 6.07) is 8.68. The number of ether oxygens (including phenoxy) is 2. The van der Waals surface area contributed by atoms with E-state index in [0.29, 0.717) is 16.7 Å². The molecule has 0 aliphatic carbocycles. The summed E-state index contributed by atoms with van der Waals surface area (Å²) in [6.45, 7) is -1.41. The van der Waals surface area contributed by atoms with Crippen LogP contribution in [0.3, 0.4) is 0 Å². The van der Waals surface area contributed by atoms with Crippen LogP contribution in [0.25, 0.3) is 0 Å². The number of oxime groups is 1. The van der Waals surface area contributed by atoms with Crippen molar-refractivity contribution in [1.82, 2.24) is 0 Å². The Kier molecular flexibility index (Phi) is 6.47. The van der Waals surface area contributed by atoms with Gasteiger partial charge in [-0.1, -0.05) is 17.3 Å². The number of hydrogen-bond acceptors (Lipinski definition) is 6. The number of rotatable bonds is 8. The first kappa shape index (κ1) is 19.9. The Morgan fingerprint density at radius 1 is 1.30 bits per heavy atom. The molecule has 0 amide bonds. The number of nitro benzene ring substituents is 1. The maximum absolute atomic E-state index is 12.3. The zero-order valence-corrected chi connectivity index (χ0v) is 14.5. The lowest BCUT2D eigenvalue weighted by atomic mass is 10.1. The highest BCUT2D eigenvalue weighted by Gasteiger charge is 2.14. The van der Waals surface area contributed by atoms with Crippen molar-refractivity contribution < 1.29 is 28.0 Å². The topological polar surface area (TPSA) is 109 Å². The molecule has 0 aromatic heterocycles. The van der Waals surface area contributed by atoms with Gasteiger partial charge >= 0.3 is 6.61 Å². The fourth-order valence-corrected chi connectivity index (χ4v) is 2.27. The average Bonchev–Trinajstić information content (AvgIpc) is 2.62. The Morgan fingerprint density at radius 3 is 2.67 bits per heavy atom. The number of nitrogens with zero attached hydrogens (tertiary/aromatic N) is 2. The molecule has 2 N–H and O–H groups in total. The predicted octanol–water partition coefficient (Wildman–Crippen LogP) is 3.35. The van der Waals surface area contributed by atoms with Crippen molar-refractivity contribution in [2.75, 3.05) is 7.11 Å². The van der Waals surface area contributed by atoms with Gasteiger partial charge in [0, 0.05) is 22.8 Å². The zero-order valence-electron chi connectivity index (χ0n) is 14.5. The molecule has 144 valence electrons. The van der Waals surface area contributed by atoms with E-state index in [1.54, 1.807) is 19.1 Å². The second-order valence-corrected chi connectivity index (χ2v) is 5.31. The molecule has 0 aliphatic rings. The van der Waals surface area contributed by atoms with Crippen LogP contribution in [0.5, 0.6) is 11.5 Å². The summed E-state index contributed by atoms with van der Waals surface area (Å²) < 4.78 is 34.0. The Labute approximate surface area is 153 Å². The van der Waals surface area contributed by atoms with E-state index < -0.39 is 11.5 Å². The van der Waals surface area contributed by atoms with Crippen LogP contribution in [-0.4, -0.2) is 24.5 Å². The number of nitro groups is 1. The number of hydrogen-bond donors (Lipinski definition) is 1. The molecule has 0 aliphatic heterocycles. The van der Waals surface area contributed by atoms with Gasteiger partial charge < -0.3 is 20.0 Å². The third kappa shape index (κ3) is 5.03. The van der Waals surface area contributed by atoms with E-state index in [2.05, 4.69) is 9.89 Å². The summed E-state index contributed by atoms with van der Waals surface area (Å²) in [5.41, 5.74) is 7.21. The molecule has 2 rings (SSSR count). The van der Waals surface area contributed by atoms with E-state index in [0.717, 1.165) is 0 Å². The Balaban J connectivity index is 2.12. The molecule has 2 aromatic rings. The minimum Gasteiger partial charge on any atom is -0.493 e. The molecule has 0 saturated heterocycles. The third-order valence-electron chi connectivity index (χ3n) is 3.67. The van der Waals surface area contributed by atoms with E-state index in [1.165, 1.54) is 31.4 Å². The lowest BCUT2D eigenvalue weighted by Crippen LogP contribution is -2.14. The Morgan fingerprint density at radius 2 is 2.04 bits per heavy atom. The van der Waals surface area contributed by atoms with Crippen molar-refractivity contribution in [1.29, 1.82) is 0 Å². The Bertz CT molecular complexity index is 858. The lowest BCUT2D eigenvalue weighted by molar-refractivity contribution is -0.385. The maximum atomic E-state index is 12.3. The molecule has 0 unspecified atom stereocenters. The monoisotopic (exact) mass is 381 g/mol. The molecular weight excluding hydrogens is 364 g/mol. The molecule has 0 heterocycles. The lowest BCUT2D eigenvalue weighted by Gasteiger charge is -2.11. The van der Waals surface area contributed by atoms with Crippen LogP contribution in [-0.2, 0) is 11.4 Å². The summed E-state index contributed by atoms with van der Waals surface area (Å²) in [5.74, 6) is -0.113. The van der Waals surface area contributed by atoms with Gasteiger partial charge in [0.1, 0.15) is 6.61 Å². The molecule has 27 heavy (non-hydrogen) atoms. The van der Waals surface area contributed by atoms with Crippen LogP contribution in [0.15, 0.2) is 41.6 Å². The van der Waals surface area contributed by atoms with Gasteiger partial charge in [0.05, 0.1) is 12.0 Å². The van der Waals surface area contributed by atoms with Crippen molar-refractivity contribution in [3.63, 3.8) is 0 Å². The second-order valence-electron chi connectivity index (χ2n) is 5.31. The van der Waals surface area contributed by atoms with Crippen LogP contribution in [0.1, 0.15) is 16.7 Å². The van der Waals surface area contributed by atoms with Gasteiger partial charge in [0.2, 0.25) is 0 Å². The summed E-state index contributed by atoms with van der Waals surface area (Å²) in [4.78, 5) is 15.6. The number of nitrogens with two attached hydrogens (primary N) is 1. The van der Waals surface area contributed by atoms with Crippen LogP contribution in [0.2, 0.25) is 0 Å². The summed E-state index contributed by atoms with van der Waals surface area (Å²) in [6.07, 6.45) is 0. The number of benzene rings is 2. The van der Waals surface area contributed by atoms with Crippen molar-refractivity contribution >= 4 is 11.5 Å².